The van der Waals surface area contributed by atoms with E-state index in [4.69, 9.17) is 6.58 Å². The van der Waals surface area contributed by atoms with Crippen LogP contribution in [0, 0.1) is 11.8 Å². The van der Waals surface area contributed by atoms with Crippen molar-refractivity contribution in [2.75, 3.05) is 0 Å². The Morgan fingerprint density at radius 1 is 0.800 bits per heavy atom. The lowest BCUT2D eigenvalue weighted by Gasteiger charge is -2.34. The van der Waals surface area contributed by atoms with E-state index in [1.54, 1.807) is 0 Å². The van der Waals surface area contributed by atoms with E-state index in [9.17, 15) is 0 Å². The summed E-state index contributed by atoms with van der Waals surface area (Å²) in [7, 11) is 0. The molecule has 1 fully saturated rings. The molecule has 2 aromatic carbocycles. The van der Waals surface area contributed by atoms with Gasteiger partial charge in [-0.1, -0.05) is 143 Å². The van der Waals surface area contributed by atoms with Gasteiger partial charge in [-0.05, 0) is 70.1 Å². The largest absolute Gasteiger partial charge is 0.0946 e. The lowest BCUT2D eigenvalue weighted by atomic mass is 9.69. The summed E-state index contributed by atoms with van der Waals surface area (Å²) in [5.41, 5.74) is 10.2. The van der Waals surface area contributed by atoms with Crippen LogP contribution in [0.25, 0.3) is 16.7 Å². The topological polar surface area (TPSA) is 0 Å². The van der Waals surface area contributed by atoms with Crippen LogP contribution >= 0.6 is 0 Å². The summed E-state index contributed by atoms with van der Waals surface area (Å²) < 4.78 is 0. The molecule has 0 radical (unpaired) electrons. The highest BCUT2D eigenvalue weighted by atomic mass is 14.3. The van der Waals surface area contributed by atoms with Crippen molar-refractivity contribution in [3.8, 4) is 11.1 Å². The Kier molecular flexibility index (Phi) is 12.9. The van der Waals surface area contributed by atoms with Crippen LogP contribution in [0.1, 0.15) is 134 Å². The Balaban J connectivity index is 0.00000103. The van der Waals surface area contributed by atoms with Crippen LogP contribution in [0.4, 0.5) is 0 Å². The first-order chi connectivity index (χ1) is 17.1. The van der Waals surface area contributed by atoms with Gasteiger partial charge >= 0.3 is 0 Å². The lowest BCUT2D eigenvalue weighted by Crippen LogP contribution is -2.17. The van der Waals surface area contributed by atoms with Gasteiger partial charge in [-0.15, -0.1) is 0 Å². The van der Waals surface area contributed by atoms with Crippen molar-refractivity contribution in [1.82, 2.24) is 0 Å². The Morgan fingerprint density at radius 2 is 1.46 bits per heavy atom. The summed E-state index contributed by atoms with van der Waals surface area (Å²) in [5.74, 6) is 1.95. The van der Waals surface area contributed by atoms with Gasteiger partial charge in [0.1, 0.15) is 0 Å². The van der Waals surface area contributed by atoms with Gasteiger partial charge in [0.05, 0.1) is 0 Å². The van der Waals surface area contributed by atoms with Crippen LogP contribution in [0.5, 0.6) is 0 Å². The third-order valence-electron chi connectivity index (χ3n) is 8.08. The van der Waals surface area contributed by atoms with Gasteiger partial charge in [0, 0.05) is 5.92 Å². The Hall–Kier alpha value is -1.82. The number of fused-ring (bicyclic) bond motifs is 3. The normalized spacial score (nSPS) is 17.8. The van der Waals surface area contributed by atoms with Crippen molar-refractivity contribution in [2.24, 2.45) is 11.8 Å². The zero-order valence-electron chi connectivity index (χ0n) is 24.2. The van der Waals surface area contributed by atoms with E-state index in [0.29, 0.717) is 11.8 Å². The first-order valence-electron chi connectivity index (χ1n) is 15.1. The number of rotatable bonds is 8. The van der Waals surface area contributed by atoms with Crippen LogP contribution in [0.2, 0.25) is 0 Å². The maximum atomic E-state index is 4.70. The van der Waals surface area contributed by atoms with Crippen LogP contribution in [-0.4, -0.2) is 0 Å². The predicted octanol–water partition coefficient (Wildman–Crippen LogP) is 11.4. The minimum Gasteiger partial charge on any atom is -0.0946 e. The monoisotopic (exact) mass is 474 g/mol. The summed E-state index contributed by atoms with van der Waals surface area (Å²) in [6.07, 6.45) is 14.7. The number of unbranched alkanes of at least 4 members (excludes halogenated alkanes) is 2. The first-order valence-corrected chi connectivity index (χ1v) is 15.1. The minimum absolute atomic E-state index is 0.448. The second-order valence-electron chi connectivity index (χ2n) is 10.4. The third-order valence-corrected chi connectivity index (χ3v) is 8.08. The first kappa shape index (κ1) is 29.4. The van der Waals surface area contributed by atoms with Crippen molar-refractivity contribution in [1.29, 1.82) is 0 Å². The Morgan fingerprint density at radius 3 is 2.11 bits per heavy atom. The lowest BCUT2D eigenvalue weighted by molar-refractivity contribution is 0.356. The van der Waals surface area contributed by atoms with E-state index < -0.39 is 0 Å². The summed E-state index contributed by atoms with van der Waals surface area (Å²) in [6, 6.07) is 14.6. The van der Waals surface area contributed by atoms with E-state index in [1.165, 1.54) is 110 Å². The molecule has 2 aliphatic carbocycles. The maximum absolute atomic E-state index is 4.70. The Labute approximate surface area is 218 Å². The molecule has 1 saturated carbocycles. The molecule has 194 valence electrons. The second-order valence-corrected chi connectivity index (χ2v) is 10.4. The zero-order chi connectivity index (χ0) is 25.8. The van der Waals surface area contributed by atoms with Gasteiger partial charge in [0.15, 0.2) is 0 Å². The summed E-state index contributed by atoms with van der Waals surface area (Å²) >= 11 is 0. The van der Waals surface area contributed by atoms with E-state index >= 15 is 0 Å². The number of hydrogen-bond acceptors (Lipinski definition) is 0. The molecule has 0 bridgehead atoms. The van der Waals surface area contributed by atoms with Crippen molar-refractivity contribution < 1.29 is 0 Å². The fraction of sp³-hybridized carbons (Fsp3) is 0.600. The standard InChI is InChI=1S/C31H42.2C2H6/c1-5-7-9-12-25-15-17-28-27-18-16-26(19-24-13-10-8-11-14-24)21-29(27)23(4)31(22(3)6-2)30(28)20-25;2*1-2/h15-18,20-22,24,31H,4-14,19H2,1-3H3;2*1-2H3/t22-,31?;;/m0../s1. The van der Waals surface area contributed by atoms with Gasteiger partial charge in [0.25, 0.3) is 0 Å². The quantitative estimate of drug-likeness (QED) is 0.334. The molecule has 0 aliphatic heterocycles. The molecule has 0 saturated heterocycles. The van der Waals surface area contributed by atoms with Crippen LogP contribution < -0.4 is 0 Å². The SMILES string of the molecule is C=C1c2cc(CC3CCCCC3)ccc2-c2ccc(CCCCC)cc2C1[C@@H](C)CC.CC.CC. The van der Waals surface area contributed by atoms with Crippen molar-refractivity contribution in [3.05, 3.63) is 65.2 Å². The fourth-order valence-corrected chi connectivity index (χ4v) is 6.03. The third kappa shape index (κ3) is 7.34. The van der Waals surface area contributed by atoms with Crippen LogP contribution in [0.3, 0.4) is 0 Å². The molecule has 2 atom stereocenters. The molecular weight excluding hydrogens is 420 g/mol. The van der Waals surface area contributed by atoms with Crippen molar-refractivity contribution >= 4 is 5.57 Å². The molecular formula is C35H54. The van der Waals surface area contributed by atoms with Crippen LogP contribution in [-0.2, 0) is 12.8 Å². The molecule has 0 heterocycles. The maximum Gasteiger partial charge on any atom is 0.0121 e. The highest BCUT2D eigenvalue weighted by Crippen LogP contribution is 2.50. The van der Waals surface area contributed by atoms with E-state index in [2.05, 4.69) is 57.2 Å². The number of aryl methyl sites for hydroxylation is 1. The average molecular weight is 475 g/mol. The zero-order valence-corrected chi connectivity index (χ0v) is 24.2. The molecule has 4 rings (SSSR count). The fourth-order valence-electron chi connectivity index (χ4n) is 6.03. The van der Waals surface area contributed by atoms with Gasteiger partial charge in [-0.3, -0.25) is 0 Å². The molecule has 2 aliphatic rings. The highest BCUT2D eigenvalue weighted by molar-refractivity contribution is 5.90. The number of allylic oxidation sites excluding steroid dienone is 1. The molecule has 0 N–H and O–H groups in total. The summed E-state index contributed by atoms with van der Waals surface area (Å²) in [4.78, 5) is 0. The van der Waals surface area contributed by atoms with Crippen molar-refractivity contribution in [2.45, 2.75) is 125 Å². The van der Waals surface area contributed by atoms with Gasteiger partial charge in [-0.25, -0.2) is 0 Å². The molecule has 35 heavy (non-hydrogen) atoms. The number of hydrogen-bond donors (Lipinski definition) is 0. The molecule has 0 nitrogen and oxygen atoms in total. The smallest absolute Gasteiger partial charge is 0.0121 e. The molecule has 0 spiro atoms. The van der Waals surface area contributed by atoms with Gasteiger partial charge in [0.2, 0.25) is 0 Å². The molecule has 1 unspecified atom stereocenters. The molecule has 0 amide bonds. The predicted molar refractivity (Wildman–Crippen MR) is 159 cm³/mol. The van der Waals surface area contributed by atoms with Gasteiger partial charge in [-0.2, -0.15) is 0 Å². The minimum atomic E-state index is 0.448. The summed E-state index contributed by atoms with van der Waals surface area (Å²) in [5, 5.41) is 0. The molecule has 0 heteroatoms. The second kappa shape index (κ2) is 15.3. The van der Waals surface area contributed by atoms with E-state index in [-0.39, 0.29) is 0 Å². The molecule has 0 aromatic heterocycles. The summed E-state index contributed by atoms with van der Waals surface area (Å²) in [6.45, 7) is 19.7. The van der Waals surface area contributed by atoms with E-state index in [1.807, 2.05) is 27.7 Å². The van der Waals surface area contributed by atoms with Crippen LogP contribution in [0.15, 0.2) is 43.0 Å². The van der Waals surface area contributed by atoms with Gasteiger partial charge < -0.3 is 0 Å². The van der Waals surface area contributed by atoms with E-state index in [0.717, 1.165) is 5.92 Å². The Bertz CT molecular complexity index is 896. The average Bonchev–Trinajstić information content (AvgIpc) is 2.91. The highest BCUT2D eigenvalue weighted by Gasteiger charge is 2.31. The van der Waals surface area contributed by atoms with Crippen molar-refractivity contribution in [3.63, 3.8) is 0 Å². The number of benzene rings is 2. The molecule has 2 aromatic rings.